The molecular formula is C21H20N4O3. The first-order valence-electron chi connectivity index (χ1n) is 8.67. The molecule has 7 heteroatoms. The van der Waals surface area contributed by atoms with E-state index < -0.39 is 0 Å². The molecule has 1 aromatic heterocycles. The second-order valence-corrected chi connectivity index (χ2v) is 6.05. The lowest BCUT2D eigenvalue weighted by atomic mass is 10.1. The van der Waals surface area contributed by atoms with Crippen LogP contribution in [0.15, 0.2) is 60.9 Å². The number of rotatable bonds is 7. The maximum atomic E-state index is 12.3. The summed E-state index contributed by atoms with van der Waals surface area (Å²) in [6, 6.07) is 14.4. The highest BCUT2D eigenvalue weighted by Crippen LogP contribution is 2.18. The SMILES string of the molecule is COc1ccccc1CNc1ncc(C(=O)Nc2ccc(C(C)=O)cc2)cn1. The molecule has 28 heavy (non-hydrogen) atoms. The Morgan fingerprint density at radius 1 is 0.964 bits per heavy atom. The van der Waals surface area contributed by atoms with Crippen LogP contribution >= 0.6 is 0 Å². The van der Waals surface area contributed by atoms with E-state index in [0.717, 1.165) is 11.3 Å². The molecule has 0 saturated heterocycles. The summed E-state index contributed by atoms with van der Waals surface area (Å²) in [4.78, 5) is 32.0. The number of methoxy groups -OCH3 is 1. The van der Waals surface area contributed by atoms with Crippen LogP contribution in [0.25, 0.3) is 0 Å². The highest BCUT2D eigenvalue weighted by molar-refractivity contribution is 6.04. The number of aromatic nitrogens is 2. The average molecular weight is 376 g/mol. The van der Waals surface area contributed by atoms with E-state index in [1.54, 1.807) is 31.4 Å². The molecule has 0 fully saturated rings. The van der Waals surface area contributed by atoms with Crippen molar-refractivity contribution < 1.29 is 14.3 Å². The van der Waals surface area contributed by atoms with Crippen LogP contribution in [0.4, 0.5) is 11.6 Å². The average Bonchev–Trinajstić information content (AvgIpc) is 2.73. The summed E-state index contributed by atoms with van der Waals surface area (Å²) in [5.74, 6) is 0.837. The minimum absolute atomic E-state index is 0.0255. The molecule has 0 unspecified atom stereocenters. The number of carbonyl (C=O) groups is 2. The molecule has 0 aliphatic rings. The van der Waals surface area contributed by atoms with Gasteiger partial charge in [-0.3, -0.25) is 9.59 Å². The van der Waals surface area contributed by atoms with E-state index in [9.17, 15) is 9.59 Å². The number of hydrogen-bond acceptors (Lipinski definition) is 6. The molecule has 3 aromatic rings. The third kappa shape index (κ3) is 4.70. The highest BCUT2D eigenvalue weighted by Gasteiger charge is 2.09. The number of benzene rings is 2. The van der Waals surface area contributed by atoms with Crippen molar-refractivity contribution in [2.24, 2.45) is 0 Å². The van der Waals surface area contributed by atoms with E-state index in [4.69, 9.17) is 4.74 Å². The van der Waals surface area contributed by atoms with Crippen molar-refractivity contribution >= 4 is 23.3 Å². The first-order chi connectivity index (χ1) is 13.6. The summed E-state index contributed by atoms with van der Waals surface area (Å²) in [5, 5.41) is 5.85. The van der Waals surface area contributed by atoms with Gasteiger partial charge in [-0.05, 0) is 37.3 Å². The molecule has 1 amide bonds. The van der Waals surface area contributed by atoms with E-state index in [1.807, 2.05) is 24.3 Å². The number of nitrogens with one attached hydrogen (secondary N) is 2. The molecule has 3 rings (SSSR count). The molecule has 1 heterocycles. The Labute approximate surface area is 162 Å². The fraction of sp³-hybridized carbons (Fsp3) is 0.143. The fourth-order valence-corrected chi connectivity index (χ4v) is 2.55. The lowest BCUT2D eigenvalue weighted by molar-refractivity contribution is 0.101. The predicted molar refractivity (Wildman–Crippen MR) is 107 cm³/mol. The standard InChI is InChI=1S/C21H20N4O3/c1-14(26)15-7-9-18(10-8-15)25-20(27)17-12-23-21(24-13-17)22-11-16-5-3-4-6-19(16)28-2/h3-10,12-13H,11H2,1-2H3,(H,25,27)(H,22,23,24). The van der Waals surface area contributed by atoms with Gasteiger partial charge in [-0.1, -0.05) is 18.2 Å². The van der Waals surface area contributed by atoms with E-state index in [0.29, 0.717) is 29.3 Å². The Morgan fingerprint density at radius 3 is 2.29 bits per heavy atom. The lowest BCUT2D eigenvalue weighted by Crippen LogP contribution is -2.13. The van der Waals surface area contributed by atoms with Crippen LogP contribution in [0, 0.1) is 0 Å². The fourth-order valence-electron chi connectivity index (χ4n) is 2.55. The van der Waals surface area contributed by atoms with Crippen LogP contribution in [-0.2, 0) is 6.54 Å². The van der Waals surface area contributed by atoms with E-state index in [2.05, 4.69) is 20.6 Å². The number of nitrogens with zero attached hydrogens (tertiary/aromatic N) is 2. The van der Waals surface area contributed by atoms with Gasteiger partial charge in [0.05, 0.1) is 12.7 Å². The largest absolute Gasteiger partial charge is 0.496 e. The molecule has 0 aliphatic heterocycles. The van der Waals surface area contributed by atoms with E-state index >= 15 is 0 Å². The molecule has 2 aromatic carbocycles. The summed E-state index contributed by atoms with van der Waals surface area (Å²) in [6.45, 7) is 1.99. The number of hydrogen-bond donors (Lipinski definition) is 2. The third-order valence-electron chi connectivity index (χ3n) is 4.09. The second kappa shape index (κ2) is 8.77. The summed E-state index contributed by atoms with van der Waals surface area (Å²) in [5.41, 5.74) is 2.49. The summed E-state index contributed by atoms with van der Waals surface area (Å²) in [6.07, 6.45) is 2.91. The van der Waals surface area contributed by atoms with Gasteiger partial charge in [-0.15, -0.1) is 0 Å². The minimum Gasteiger partial charge on any atom is -0.496 e. The van der Waals surface area contributed by atoms with Crippen molar-refractivity contribution in [1.82, 2.24) is 9.97 Å². The van der Waals surface area contributed by atoms with Crippen molar-refractivity contribution in [3.63, 3.8) is 0 Å². The minimum atomic E-state index is -0.327. The molecule has 0 bridgehead atoms. The lowest BCUT2D eigenvalue weighted by Gasteiger charge is -2.09. The monoisotopic (exact) mass is 376 g/mol. The molecule has 0 radical (unpaired) electrons. The predicted octanol–water partition coefficient (Wildman–Crippen LogP) is 3.55. The molecule has 2 N–H and O–H groups in total. The van der Waals surface area contributed by atoms with Gasteiger partial charge in [-0.2, -0.15) is 0 Å². The molecule has 142 valence electrons. The van der Waals surface area contributed by atoms with E-state index in [1.165, 1.54) is 19.3 Å². The highest BCUT2D eigenvalue weighted by atomic mass is 16.5. The number of Topliss-reactive ketones (excluding diaryl/α,β-unsaturated/α-hetero) is 1. The molecule has 0 saturated carbocycles. The molecule has 7 nitrogen and oxygen atoms in total. The van der Waals surface area contributed by atoms with Gasteiger partial charge in [0.2, 0.25) is 5.95 Å². The Morgan fingerprint density at radius 2 is 1.64 bits per heavy atom. The topological polar surface area (TPSA) is 93.2 Å². The number of para-hydroxylation sites is 1. The van der Waals surface area contributed by atoms with Gasteiger partial charge in [0, 0.05) is 35.8 Å². The van der Waals surface area contributed by atoms with Crippen molar-refractivity contribution in [1.29, 1.82) is 0 Å². The van der Waals surface area contributed by atoms with Crippen molar-refractivity contribution in [2.75, 3.05) is 17.7 Å². The quantitative estimate of drug-likeness (QED) is 0.613. The Kier molecular flexibility index (Phi) is 5.96. The zero-order valence-electron chi connectivity index (χ0n) is 15.6. The van der Waals surface area contributed by atoms with E-state index in [-0.39, 0.29) is 11.7 Å². The zero-order valence-corrected chi connectivity index (χ0v) is 15.6. The molecule has 0 spiro atoms. The number of ketones is 1. The molecule has 0 aliphatic carbocycles. The zero-order chi connectivity index (χ0) is 19.9. The maximum absolute atomic E-state index is 12.3. The first-order valence-corrected chi connectivity index (χ1v) is 8.67. The van der Waals surface area contributed by atoms with Gasteiger partial charge in [0.25, 0.3) is 5.91 Å². The van der Waals surface area contributed by atoms with Crippen LogP contribution < -0.4 is 15.4 Å². The van der Waals surface area contributed by atoms with Crippen LogP contribution in [-0.4, -0.2) is 28.8 Å². The van der Waals surface area contributed by atoms with Gasteiger partial charge in [0.1, 0.15) is 5.75 Å². The molecule has 0 atom stereocenters. The number of carbonyl (C=O) groups excluding carboxylic acids is 2. The van der Waals surface area contributed by atoms with Crippen molar-refractivity contribution in [3.05, 3.63) is 77.6 Å². The van der Waals surface area contributed by atoms with Gasteiger partial charge in [-0.25, -0.2) is 9.97 Å². The Balaban J connectivity index is 1.60. The van der Waals surface area contributed by atoms with Crippen LogP contribution in [0.2, 0.25) is 0 Å². The normalized spacial score (nSPS) is 10.2. The molecular weight excluding hydrogens is 356 g/mol. The number of ether oxygens (including phenoxy) is 1. The Bertz CT molecular complexity index is 970. The Hall–Kier alpha value is -3.74. The summed E-state index contributed by atoms with van der Waals surface area (Å²) in [7, 11) is 1.62. The van der Waals surface area contributed by atoms with Gasteiger partial charge >= 0.3 is 0 Å². The summed E-state index contributed by atoms with van der Waals surface area (Å²) < 4.78 is 5.31. The smallest absolute Gasteiger partial charge is 0.258 e. The summed E-state index contributed by atoms with van der Waals surface area (Å²) >= 11 is 0. The van der Waals surface area contributed by atoms with Crippen LogP contribution in [0.5, 0.6) is 5.75 Å². The van der Waals surface area contributed by atoms with Crippen LogP contribution in [0.1, 0.15) is 33.2 Å². The van der Waals surface area contributed by atoms with Crippen LogP contribution in [0.3, 0.4) is 0 Å². The third-order valence-corrected chi connectivity index (χ3v) is 4.09. The van der Waals surface area contributed by atoms with Crippen molar-refractivity contribution in [3.8, 4) is 5.75 Å². The second-order valence-electron chi connectivity index (χ2n) is 6.05. The maximum Gasteiger partial charge on any atom is 0.258 e. The first kappa shape index (κ1) is 19.0. The van der Waals surface area contributed by atoms with Gasteiger partial charge < -0.3 is 15.4 Å². The number of amides is 1. The number of anilines is 2. The van der Waals surface area contributed by atoms with Gasteiger partial charge in [0.15, 0.2) is 5.78 Å². The van der Waals surface area contributed by atoms with Crippen molar-refractivity contribution in [2.45, 2.75) is 13.5 Å².